The number of ether oxygens (including phenoxy) is 1. The molecule has 0 saturated heterocycles. The number of allylic oxidation sites excluding steroid dienone is 3. The van der Waals surface area contributed by atoms with Crippen LogP contribution in [0.25, 0.3) is 0 Å². The van der Waals surface area contributed by atoms with Crippen molar-refractivity contribution in [2.24, 2.45) is 22.7 Å². The molecule has 0 aromatic rings. The molecule has 1 saturated carbocycles. The molecule has 1 fully saturated rings. The lowest BCUT2D eigenvalue weighted by Crippen LogP contribution is -2.55. The first-order valence-electron chi connectivity index (χ1n) is 14.1. The summed E-state index contributed by atoms with van der Waals surface area (Å²) in [6.45, 7) is 16.2. The largest absolute Gasteiger partial charge is 0.459 e. The van der Waals surface area contributed by atoms with Crippen molar-refractivity contribution < 1.29 is 34.4 Å². The Morgan fingerprint density at radius 3 is 2.31 bits per heavy atom. The van der Waals surface area contributed by atoms with Crippen LogP contribution in [-0.2, 0) is 19.1 Å². The molecule has 6 atom stereocenters. The van der Waals surface area contributed by atoms with Crippen LogP contribution in [-0.4, -0.2) is 56.3 Å². The van der Waals surface area contributed by atoms with Gasteiger partial charge in [0.25, 0.3) is 0 Å². The Bertz CT molecular complexity index is 1030. The monoisotopic (exact) mass is 546 g/mol. The van der Waals surface area contributed by atoms with E-state index < -0.39 is 40.2 Å². The number of rotatable bonds is 10. The van der Waals surface area contributed by atoms with Crippen molar-refractivity contribution in [1.29, 1.82) is 0 Å². The Kier molecular flexibility index (Phi) is 10.4. The molecule has 0 bridgehead atoms. The zero-order valence-corrected chi connectivity index (χ0v) is 25.3. The number of carbonyl (C=O) groups excluding carboxylic acids is 3. The van der Waals surface area contributed by atoms with Gasteiger partial charge in [0.15, 0.2) is 11.6 Å². The standard InChI is InChI=1S/C32H50O7/c1-20(11-13-25-29(4,5)28(37)15-17-32(25,9)39-22(3)33)10-12-23(34)18-21(2)24(35)19-26-30(6,7)27(36)14-16-31(26,8)38/h10,14,16,18,23,25-26,28,34,37-38H,11-13,15,17,19H2,1-9H3. The van der Waals surface area contributed by atoms with Gasteiger partial charge in [-0.1, -0.05) is 39.3 Å². The maximum atomic E-state index is 13.0. The fraction of sp³-hybridized carbons (Fsp3) is 0.719. The number of hydrogen-bond donors (Lipinski definition) is 3. The number of carbonyl (C=O) groups is 3. The van der Waals surface area contributed by atoms with Gasteiger partial charge in [-0.15, -0.1) is 0 Å². The maximum absolute atomic E-state index is 13.0. The number of aliphatic hydroxyl groups is 3. The molecule has 0 radical (unpaired) electrons. The third kappa shape index (κ3) is 7.77. The van der Waals surface area contributed by atoms with Gasteiger partial charge in [-0.3, -0.25) is 14.4 Å². The quantitative estimate of drug-likeness (QED) is 0.200. The van der Waals surface area contributed by atoms with Crippen molar-refractivity contribution in [3.05, 3.63) is 35.5 Å². The highest BCUT2D eigenvalue weighted by atomic mass is 16.6. The van der Waals surface area contributed by atoms with Gasteiger partial charge in [-0.25, -0.2) is 0 Å². The highest BCUT2D eigenvalue weighted by Gasteiger charge is 2.52. The van der Waals surface area contributed by atoms with E-state index in [-0.39, 0.29) is 29.9 Å². The van der Waals surface area contributed by atoms with Crippen LogP contribution < -0.4 is 0 Å². The van der Waals surface area contributed by atoms with Crippen LogP contribution in [0.4, 0.5) is 0 Å². The SMILES string of the molecule is CC(=O)OC1(C)CCC(O)C(C)(C)C1CCC(C)=CCC(O)C=C(C)C(=O)CC1C(C)(O)C=CC(=O)C1(C)C. The molecule has 2 aliphatic rings. The minimum Gasteiger partial charge on any atom is -0.459 e. The van der Waals surface area contributed by atoms with Crippen LogP contribution in [0.15, 0.2) is 35.5 Å². The van der Waals surface area contributed by atoms with E-state index in [0.29, 0.717) is 24.8 Å². The zero-order valence-electron chi connectivity index (χ0n) is 25.3. The summed E-state index contributed by atoms with van der Waals surface area (Å²) < 4.78 is 5.77. The van der Waals surface area contributed by atoms with Crippen LogP contribution in [0.1, 0.15) is 101 Å². The first kappa shape index (κ1) is 33.1. The molecule has 7 nitrogen and oxygen atoms in total. The Balaban J connectivity index is 2.03. The highest BCUT2D eigenvalue weighted by molar-refractivity contribution is 5.99. The molecule has 2 aliphatic carbocycles. The van der Waals surface area contributed by atoms with E-state index in [1.54, 1.807) is 27.7 Å². The average molecular weight is 547 g/mol. The van der Waals surface area contributed by atoms with Crippen molar-refractivity contribution in [3.63, 3.8) is 0 Å². The van der Waals surface area contributed by atoms with Gasteiger partial charge in [0, 0.05) is 30.6 Å². The zero-order chi connectivity index (χ0) is 30.0. The molecule has 0 spiro atoms. The van der Waals surface area contributed by atoms with Crippen LogP contribution in [0, 0.1) is 22.7 Å². The lowest BCUT2D eigenvalue weighted by molar-refractivity contribution is -0.188. The molecule has 0 aromatic carbocycles. The third-order valence-corrected chi connectivity index (χ3v) is 9.38. The number of esters is 1. The van der Waals surface area contributed by atoms with Gasteiger partial charge in [0.1, 0.15) is 5.60 Å². The van der Waals surface area contributed by atoms with E-state index in [1.807, 2.05) is 33.8 Å². The summed E-state index contributed by atoms with van der Waals surface area (Å²) in [5.74, 6) is -1.25. The number of hydrogen-bond acceptors (Lipinski definition) is 7. The second-order valence-electron chi connectivity index (χ2n) is 13.4. The predicted molar refractivity (Wildman–Crippen MR) is 152 cm³/mol. The number of aliphatic hydroxyl groups excluding tert-OH is 2. The van der Waals surface area contributed by atoms with Crippen molar-refractivity contribution in [2.75, 3.05) is 0 Å². The molecule has 7 heteroatoms. The molecule has 0 aromatic heterocycles. The van der Waals surface area contributed by atoms with Gasteiger partial charge < -0.3 is 20.1 Å². The molecule has 0 amide bonds. The summed E-state index contributed by atoms with van der Waals surface area (Å²) >= 11 is 0. The van der Waals surface area contributed by atoms with E-state index in [9.17, 15) is 29.7 Å². The summed E-state index contributed by atoms with van der Waals surface area (Å²) in [6.07, 6.45) is 7.99. The molecule has 6 unspecified atom stereocenters. The Labute approximate surface area is 234 Å². The molecule has 0 aliphatic heterocycles. The summed E-state index contributed by atoms with van der Waals surface area (Å²) in [4.78, 5) is 37.2. The third-order valence-electron chi connectivity index (χ3n) is 9.38. The van der Waals surface area contributed by atoms with Gasteiger partial charge in [0.2, 0.25) is 0 Å². The highest BCUT2D eigenvalue weighted by Crippen LogP contribution is 2.50. The normalized spacial score (nSPS) is 33.5. The first-order valence-corrected chi connectivity index (χ1v) is 14.1. The van der Waals surface area contributed by atoms with Gasteiger partial charge in [0.05, 0.1) is 17.8 Å². The molecule has 3 N–H and O–H groups in total. The molecule has 0 heterocycles. The molecular formula is C32H50O7. The number of ketones is 2. The van der Waals surface area contributed by atoms with Crippen molar-refractivity contribution in [2.45, 2.75) is 124 Å². The lowest BCUT2D eigenvalue weighted by atomic mass is 9.58. The fourth-order valence-corrected chi connectivity index (χ4v) is 6.65. The van der Waals surface area contributed by atoms with Crippen LogP contribution in [0.3, 0.4) is 0 Å². The van der Waals surface area contributed by atoms with Crippen molar-refractivity contribution >= 4 is 17.5 Å². The van der Waals surface area contributed by atoms with E-state index >= 15 is 0 Å². The lowest BCUT2D eigenvalue weighted by Gasteiger charge is -2.52. The average Bonchev–Trinajstić information content (AvgIpc) is 2.80. The molecule has 39 heavy (non-hydrogen) atoms. The second-order valence-corrected chi connectivity index (χ2v) is 13.4. The topological polar surface area (TPSA) is 121 Å². The minimum atomic E-state index is -1.28. The van der Waals surface area contributed by atoms with E-state index in [0.717, 1.165) is 18.4 Å². The predicted octanol–water partition coefficient (Wildman–Crippen LogP) is 5.02. The Morgan fingerprint density at radius 1 is 1.10 bits per heavy atom. The second kappa shape index (κ2) is 12.2. The number of Topliss-reactive ketones (excluding diaryl/α,β-unsaturated/α-hetero) is 1. The van der Waals surface area contributed by atoms with Gasteiger partial charge >= 0.3 is 5.97 Å². The van der Waals surface area contributed by atoms with Gasteiger partial charge in [-0.2, -0.15) is 0 Å². The van der Waals surface area contributed by atoms with Crippen LogP contribution in [0.2, 0.25) is 0 Å². The first-order chi connectivity index (χ1) is 17.7. The van der Waals surface area contributed by atoms with Gasteiger partial charge in [-0.05, 0) is 89.0 Å². The maximum Gasteiger partial charge on any atom is 0.303 e. The summed E-state index contributed by atoms with van der Waals surface area (Å²) in [7, 11) is 0. The van der Waals surface area contributed by atoms with Crippen molar-refractivity contribution in [3.8, 4) is 0 Å². The molecule has 220 valence electrons. The Hall–Kier alpha value is -2.09. The molecular weight excluding hydrogens is 496 g/mol. The summed E-state index contributed by atoms with van der Waals surface area (Å²) in [5, 5.41) is 32.1. The smallest absolute Gasteiger partial charge is 0.303 e. The fourth-order valence-electron chi connectivity index (χ4n) is 6.65. The minimum absolute atomic E-state index is 0.00409. The van der Waals surface area contributed by atoms with Crippen LogP contribution >= 0.6 is 0 Å². The van der Waals surface area contributed by atoms with Crippen LogP contribution in [0.5, 0.6) is 0 Å². The summed E-state index contributed by atoms with van der Waals surface area (Å²) in [5.41, 5.74) is -1.75. The van der Waals surface area contributed by atoms with Crippen molar-refractivity contribution in [1.82, 2.24) is 0 Å². The molecule has 2 rings (SSSR count). The van der Waals surface area contributed by atoms with E-state index in [2.05, 4.69) is 0 Å². The van der Waals surface area contributed by atoms with E-state index in [4.69, 9.17) is 4.74 Å². The Morgan fingerprint density at radius 2 is 1.72 bits per heavy atom. The summed E-state index contributed by atoms with van der Waals surface area (Å²) in [6, 6.07) is 0. The van der Waals surface area contributed by atoms with E-state index in [1.165, 1.54) is 25.2 Å².